The van der Waals surface area contributed by atoms with E-state index in [4.69, 9.17) is 11.0 Å². The number of hydrogen-bond donors (Lipinski definition) is 1. The summed E-state index contributed by atoms with van der Waals surface area (Å²) in [6, 6.07) is 5.95. The molecule has 0 fully saturated rings. The highest BCUT2D eigenvalue weighted by molar-refractivity contribution is 5.94. The molecule has 5 heteroatoms. The molecular weight excluding hydrogens is 221 g/mol. The lowest BCUT2D eigenvalue weighted by Crippen LogP contribution is -2.30. The monoisotopic (exact) mass is 235 g/mol. The zero-order chi connectivity index (χ0) is 13.0. The van der Waals surface area contributed by atoms with E-state index in [1.165, 1.54) is 17.0 Å². The second-order valence-corrected chi connectivity index (χ2v) is 3.95. The van der Waals surface area contributed by atoms with Crippen molar-refractivity contribution in [2.45, 2.75) is 6.92 Å². The van der Waals surface area contributed by atoms with Crippen LogP contribution >= 0.6 is 0 Å². The molecule has 90 valence electrons. The van der Waals surface area contributed by atoms with Gasteiger partial charge in [0.15, 0.2) is 0 Å². The summed E-state index contributed by atoms with van der Waals surface area (Å²) in [7, 11) is 1.57. The Balaban J connectivity index is 2.82. The highest BCUT2D eigenvalue weighted by atomic mass is 19.1. The van der Waals surface area contributed by atoms with Gasteiger partial charge in [-0.1, -0.05) is 0 Å². The van der Waals surface area contributed by atoms with Crippen LogP contribution in [0.2, 0.25) is 0 Å². The molecule has 1 unspecified atom stereocenters. The van der Waals surface area contributed by atoms with Gasteiger partial charge in [-0.2, -0.15) is 5.26 Å². The number of nitrogens with two attached hydrogens (primary N) is 1. The first-order valence-electron chi connectivity index (χ1n) is 5.15. The number of hydrogen-bond acceptors (Lipinski definition) is 3. The Morgan fingerprint density at radius 3 is 2.82 bits per heavy atom. The molecule has 1 amide bonds. The van der Waals surface area contributed by atoms with Crippen molar-refractivity contribution in [3.05, 3.63) is 29.6 Å². The Bertz CT molecular complexity index is 467. The molecule has 0 aromatic heterocycles. The number of rotatable bonds is 3. The molecule has 1 aromatic carbocycles. The standard InChI is InChI=1S/C12H14FN3O/c1-8(6-14)7-16(2)12(17)9-3-4-11(15)10(13)5-9/h3-5,8H,7,15H2,1-2H3. The van der Waals surface area contributed by atoms with Crippen molar-refractivity contribution in [2.75, 3.05) is 19.3 Å². The summed E-state index contributed by atoms with van der Waals surface area (Å²) in [6.07, 6.45) is 0. The highest BCUT2D eigenvalue weighted by Gasteiger charge is 2.15. The fraction of sp³-hybridized carbons (Fsp3) is 0.333. The summed E-state index contributed by atoms with van der Waals surface area (Å²) in [5.74, 6) is -1.20. The number of carbonyl (C=O) groups excluding carboxylic acids is 1. The maximum absolute atomic E-state index is 13.2. The molecule has 0 radical (unpaired) electrons. The SMILES string of the molecule is CC(C#N)CN(C)C(=O)c1ccc(N)c(F)c1. The minimum atomic E-state index is -0.613. The highest BCUT2D eigenvalue weighted by Crippen LogP contribution is 2.13. The lowest BCUT2D eigenvalue weighted by atomic mass is 10.1. The molecule has 0 saturated carbocycles. The van der Waals surface area contributed by atoms with Crippen LogP contribution in [-0.4, -0.2) is 24.4 Å². The Morgan fingerprint density at radius 2 is 2.29 bits per heavy atom. The minimum absolute atomic E-state index is 0.00889. The van der Waals surface area contributed by atoms with Crippen LogP contribution in [-0.2, 0) is 0 Å². The lowest BCUT2D eigenvalue weighted by Gasteiger charge is -2.18. The number of halogens is 1. The number of benzene rings is 1. The number of nitriles is 1. The molecule has 1 aromatic rings. The minimum Gasteiger partial charge on any atom is -0.396 e. The van der Waals surface area contributed by atoms with E-state index in [9.17, 15) is 9.18 Å². The van der Waals surface area contributed by atoms with Gasteiger partial charge in [0.1, 0.15) is 5.82 Å². The largest absolute Gasteiger partial charge is 0.396 e. The van der Waals surface area contributed by atoms with E-state index >= 15 is 0 Å². The Kier molecular flexibility index (Phi) is 4.05. The molecule has 0 spiro atoms. The predicted octanol–water partition coefficient (Wildman–Crippen LogP) is 1.64. The van der Waals surface area contributed by atoms with Gasteiger partial charge in [-0.05, 0) is 25.1 Å². The molecule has 0 bridgehead atoms. The van der Waals surface area contributed by atoms with Gasteiger partial charge in [0.2, 0.25) is 0 Å². The first-order chi connectivity index (χ1) is 7.95. The molecule has 1 rings (SSSR count). The number of anilines is 1. The average Bonchev–Trinajstić information content (AvgIpc) is 2.31. The smallest absolute Gasteiger partial charge is 0.253 e. The third kappa shape index (κ3) is 3.18. The average molecular weight is 235 g/mol. The fourth-order valence-corrected chi connectivity index (χ4v) is 1.42. The molecule has 0 aliphatic rings. The van der Waals surface area contributed by atoms with Crippen molar-refractivity contribution < 1.29 is 9.18 Å². The van der Waals surface area contributed by atoms with Crippen LogP contribution in [0.25, 0.3) is 0 Å². The van der Waals surface area contributed by atoms with E-state index in [-0.39, 0.29) is 23.1 Å². The molecule has 2 N–H and O–H groups in total. The fourth-order valence-electron chi connectivity index (χ4n) is 1.42. The van der Waals surface area contributed by atoms with E-state index in [0.717, 1.165) is 6.07 Å². The molecular formula is C12H14FN3O. The van der Waals surface area contributed by atoms with Gasteiger partial charge in [-0.25, -0.2) is 4.39 Å². The van der Waals surface area contributed by atoms with Crippen LogP contribution in [0.5, 0.6) is 0 Å². The maximum Gasteiger partial charge on any atom is 0.253 e. The van der Waals surface area contributed by atoms with Crippen molar-refractivity contribution in [1.29, 1.82) is 5.26 Å². The molecule has 0 saturated heterocycles. The van der Waals surface area contributed by atoms with E-state index in [1.54, 1.807) is 14.0 Å². The molecule has 0 aliphatic carbocycles. The second-order valence-electron chi connectivity index (χ2n) is 3.95. The normalized spacial score (nSPS) is 11.6. The van der Waals surface area contributed by atoms with Gasteiger partial charge < -0.3 is 10.6 Å². The van der Waals surface area contributed by atoms with Gasteiger partial charge in [0.25, 0.3) is 5.91 Å². The lowest BCUT2D eigenvalue weighted by molar-refractivity contribution is 0.0784. The van der Waals surface area contributed by atoms with Crippen molar-refractivity contribution >= 4 is 11.6 Å². The number of amides is 1. The maximum atomic E-state index is 13.2. The van der Waals surface area contributed by atoms with E-state index in [2.05, 4.69) is 0 Å². The van der Waals surface area contributed by atoms with Crippen LogP contribution in [0.4, 0.5) is 10.1 Å². The first-order valence-corrected chi connectivity index (χ1v) is 5.15. The molecule has 1 atom stereocenters. The quantitative estimate of drug-likeness (QED) is 0.809. The topological polar surface area (TPSA) is 70.1 Å². The molecule has 0 heterocycles. The van der Waals surface area contributed by atoms with E-state index in [0.29, 0.717) is 6.54 Å². The van der Waals surface area contributed by atoms with Crippen LogP contribution in [0, 0.1) is 23.1 Å². The van der Waals surface area contributed by atoms with E-state index in [1.807, 2.05) is 6.07 Å². The Hall–Kier alpha value is -2.09. The zero-order valence-corrected chi connectivity index (χ0v) is 9.77. The van der Waals surface area contributed by atoms with Crippen molar-refractivity contribution in [3.63, 3.8) is 0 Å². The summed E-state index contributed by atoms with van der Waals surface area (Å²) in [5.41, 5.74) is 5.56. The summed E-state index contributed by atoms with van der Waals surface area (Å²) in [4.78, 5) is 13.3. The van der Waals surface area contributed by atoms with Crippen LogP contribution in [0.15, 0.2) is 18.2 Å². The third-order valence-corrected chi connectivity index (χ3v) is 2.36. The predicted molar refractivity (Wildman–Crippen MR) is 62.5 cm³/mol. The molecule has 4 nitrogen and oxygen atoms in total. The summed E-state index contributed by atoms with van der Waals surface area (Å²) in [6.45, 7) is 2.02. The summed E-state index contributed by atoms with van der Waals surface area (Å²) < 4.78 is 13.2. The second kappa shape index (κ2) is 5.30. The van der Waals surface area contributed by atoms with Gasteiger partial charge in [0.05, 0.1) is 17.7 Å². The Morgan fingerprint density at radius 1 is 1.65 bits per heavy atom. The number of nitrogen functional groups attached to an aromatic ring is 1. The number of nitrogens with zero attached hydrogens (tertiary/aromatic N) is 2. The van der Waals surface area contributed by atoms with Gasteiger partial charge in [-0.15, -0.1) is 0 Å². The Labute approximate surface area is 99.4 Å². The van der Waals surface area contributed by atoms with Crippen LogP contribution in [0.3, 0.4) is 0 Å². The van der Waals surface area contributed by atoms with Crippen LogP contribution in [0.1, 0.15) is 17.3 Å². The molecule has 17 heavy (non-hydrogen) atoms. The third-order valence-electron chi connectivity index (χ3n) is 2.36. The van der Waals surface area contributed by atoms with Crippen molar-refractivity contribution in [3.8, 4) is 6.07 Å². The van der Waals surface area contributed by atoms with Crippen molar-refractivity contribution in [1.82, 2.24) is 4.90 Å². The number of carbonyl (C=O) groups is 1. The van der Waals surface area contributed by atoms with E-state index < -0.39 is 5.82 Å². The zero-order valence-electron chi connectivity index (χ0n) is 9.77. The van der Waals surface area contributed by atoms with Crippen molar-refractivity contribution in [2.24, 2.45) is 5.92 Å². The van der Waals surface area contributed by atoms with Gasteiger partial charge in [0, 0.05) is 19.2 Å². The summed E-state index contributed by atoms with van der Waals surface area (Å²) in [5, 5.41) is 8.65. The first kappa shape index (κ1) is 13.0. The summed E-state index contributed by atoms with van der Waals surface area (Å²) >= 11 is 0. The van der Waals surface area contributed by atoms with Crippen LogP contribution < -0.4 is 5.73 Å². The van der Waals surface area contributed by atoms with Gasteiger partial charge in [-0.3, -0.25) is 4.79 Å². The van der Waals surface area contributed by atoms with Gasteiger partial charge >= 0.3 is 0 Å². The molecule has 0 aliphatic heterocycles.